The van der Waals surface area contributed by atoms with Crippen LogP contribution in [0, 0.1) is 0 Å². The zero-order valence-corrected chi connectivity index (χ0v) is 12.1. The second kappa shape index (κ2) is 4.81. The molecule has 0 saturated heterocycles. The second-order valence-corrected chi connectivity index (χ2v) is 6.16. The Morgan fingerprint density at radius 1 is 1.28 bits per heavy atom. The summed E-state index contributed by atoms with van der Waals surface area (Å²) in [6.45, 7) is 6.12. The van der Waals surface area contributed by atoms with Gasteiger partial charge in [-0.25, -0.2) is 14.6 Å². The van der Waals surface area contributed by atoms with Crippen LogP contribution in [0.5, 0.6) is 0 Å². The van der Waals surface area contributed by atoms with E-state index in [1.165, 1.54) is 11.8 Å². The van der Waals surface area contributed by atoms with Crippen LogP contribution in [0.4, 0.5) is 0 Å². The van der Waals surface area contributed by atoms with Crippen molar-refractivity contribution < 1.29 is 0 Å². The number of aromatic nitrogens is 6. The number of aryl methyl sites for hydroxylation is 1. The standard InChI is InChI=1S/C10H13ClN6S/c1-10(2,3)8-12-6(11)5-7(13-8)18-9-14-15-16-17(9)4/h5H,1-4H3. The van der Waals surface area contributed by atoms with E-state index in [2.05, 4.69) is 25.5 Å². The summed E-state index contributed by atoms with van der Waals surface area (Å²) in [5.41, 5.74) is -0.154. The van der Waals surface area contributed by atoms with Gasteiger partial charge in [0.1, 0.15) is 16.0 Å². The van der Waals surface area contributed by atoms with Gasteiger partial charge in [-0.3, -0.25) is 0 Å². The van der Waals surface area contributed by atoms with Crippen LogP contribution in [0.25, 0.3) is 0 Å². The second-order valence-electron chi connectivity index (χ2n) is 4.79. The lowest BCUT2D eigenvalue weighted by atomic mass is 9.96. The quantitative estimate of drug-likeness (QED) is 0.787. The lowest BCUT2D eigenvalue weighted by Crippen LogP contribution is -2.16. The van der Waals surface area contributed by atoms with Gasteiger partial charge in [-0.05, 0) is 22.2 Å². The van der Waals surface area contributed by atoms with Gasteiger partial charge in [0.05, 0.1) is 0 Å². The van der Waals surface area contributed by atoms with Crippen molar-refractivity contribution >= 4 is 23.4 Å². The van der Waals surface area contributed by atoms with Gasteiger partial charge in [-0.1, -0.05) is 32.4 Å². The van der Waals surface area contributed by atoms with Crippen molar-refractivity contribution in [3.8, 4) is 0 Å². The molecule has 8 heteroatoms. The summed E-state index contributed by atoms with van der Waals surface area (Å²) in [4.78, 5) is 8.72. The summed E-state index contributed by atoms with van der Waals surface area (Å²) in [6.07, 6.45) is 0. The number of hydrogen-bond donors (Lipinski definition) is 0. The van der Waals surface area contributed by atoms with Crippen LogP contribution in [-0.2, 0) is 12.5 Å². The molecule has 0 aromatic carbocycles. The average Bonchev–Trinajstić information content (AvgIpc) is 2.62. The normalized spacial score (nSPS) is 11.8. The highest BCUT2D eigenvalue weighted by molar-refractivity contribution is 7.99. The predicted octanol–water partition coefficient (Wildman–Crippen LogP) is 2.10. The molecule has 0 saturated carbocycles. The lowest BCUT2D eigenvalue weighted by Gasteiger charge is -2.17. The molecule has 0 aliphatic carbocycles. The van der Waals surface area contributed by atoms with Gasteiger partial charge < -0.3 is 0 Å². The molecule has 0 unspecified atom stereocenters. The van der Waals surface area contributed by atoms with Gasteiger partial charge in [0.2, 0.25) is 5.16 Å². The van der Waals surface area contributed by atoms with Crippen LogP contribution in [0.15, 0.2) is 16.2 Å². The van der Waals surface area contributed by atoms with Crippen LogP contribution in [-0.4, -0.2) is 30.2 Å². The fourth-order valence-corrected chi connectivity index (χ4v) is 2.17. The molecular weight excluding hydrogens is 272 g/mol. The van der Waals surface area contributed by atoms with Crippen LogP contribution in [0.3, 0.4) is 0 Å². The van der Waals surface area contributed by atoms with E-state index in [-0.39, 0.29) is 5.41 Å². The SMILES string of the molecule is Cn1nnnc1Sc1cc(Cl)nc(C(C)(C)C)n1. The molecule has 0 amide bonds. The molecule has 2 aromatic rings. The van der Waals surface area contributed by atoms with E-state index in [9.17, 15) is 0 Å². The molecule has 0 fully saturated rings. The van der Waals surface area contributed by atoms with E-state index in [1.54, 1.807) is 17.8 Å². The van der Waals surface area contributed by atoms with Crippen LogP contribution < -0.4 is 0 Å². The van der Waals surface area contributed by atoms with Gasteiger partial charge in [0.25, 0.3) is 0 Å². The number of nitrogens with zero attached hydrogens (tertiary/aromatic N) is 6. The van der Waals surface area contributed by atoms with E-state index in [1.807, 2.05) is 20.8 Å². The summed E-state index contributed by atoms with van der Waals surface area (Å²) < 4.78 is 1.58. The maximum absolute atomic E-state index is 6.01. The molecule has 2 heterocycles. The predicted molar refractivity (Wildman–Crippen MR) is 68.7 cm³/mol. The minimum absolute atomic E-state index is 0.154. The minimum atomic E-state index is -0.154. The third kappa shape index (κ3) is 2.97. The molecule has 2 aromatic heterocycles. The number of tetrazole rings is 1. The van der Waals surface area contributed by atoms with Crippen molar-refractivity contribution in [1.29, 1.82) is 0 Å². The van der Waals surface area contributed by atoms with Crippen LogP contribution >= 0.6 is 23.4 Å². The molecule has 18 heavy (non-hydrogen) atoms. The first kappa shape index (κ1) is 13.2. The summed E-state index contributed by atoms with van der Waals surface area (Å²) >= 11 is 7.37. The third-order valence-corrected chi connectivity index (χ3v) is 3.26. The summed E-state index contributed by atoms with van der Waals surface area (Å²) in [5.74, 6) is 0.702. The molecule has 0 aliphatic heterocycles. The topological polar surface area (TPSA) is 69.4 Å². The highest BCUT2D eigenvalue weighted by Crippen LogP contribution is 2.28. The molecule has 96 valence electrons. The zero-order valence-electron chi connectivity index (χ0n) is 10.5. The van der Waals surface area contributed by atoms with Gasteiger partial charge in [0.15, 0.2) is 0 Å². The Bertz CT molecular complexity index is 562. The Balaban J connectivity index is 2.35. The molecule has 6 nitrogen and oxygen atoms in total. The lowest BCUT2D eigenvalue weighted by molar-refractivity contribution is 0.538. The highest BCUT2D eigenvalue weighted by Gasteiger charge is 2.19. The first-order chi connectivity index (χ1) is 8.36. The van der Waals surface area contributed by atoms with E-state index < -0.39 is 0 Å². The van der Waals surface area contributed by atoms with E-state index >= 15 is 0 Å². The fourth-order valence-electron chi connectivity index (χ4n) is 1.19. The van der Waals surface area contributed by atoms with Crippen LogP contribution in [0.2, 0.25) is 5.15 Å². The number of hydrogen-bond acceptors (Lipinski definition) is 6. The number of halogens is 1. The fraction of sp³-hybridized carbons (Fsp3) is 0.500. The Morgan fingerprint density at radius 2 is 2.00 bits per heavy atom. The van der Waals surface area contributed by atoms with Crippen molar-refractivity contribution in [3.05, 3.63) is 17.0 Å². The Hall–Kier alpha value is -1.21. The highest BCUT2D eigenvalue weighted by atomic mass is 35.5. The molecule has 0 bridgehead atoms. The van der Waals surface area contributed by atoms with Gasteiger partial charge in [-0.15, -0.1) is 5.10 Å². The van der Waals surface area contributed by atoms with Crippen molar-refractivity contribution in [2.75, 3.05) is 0 Å². The van der Waals surface area contributed by atoms with Crippen LogP contribution in [0.1, 0.15) is 26.6 Å². The van der Waals surface area contributed by atoms with Crippen molar-refractivity contribution in [2.45, 2.75) is 36.4 Å². The monoisotopic (exact) mass is 284 g/mol. The van der Waals surface area contributed by atoms with Crippen molar-refractivity contribution in [3.63, 3.8) is 0 Å². The maximum atomic E-state index is 6.01. The van der Waals surface area contributed by atoms with E-state index in [4.69, 9.17) is 11.6 Å². The first-order valence-corrected chi connectivity index (χ1v) is 6.51. The zero-order chi connectivity index (χ0) is 13.3. The molecule has 0 radical (unpaired) electrons. The largest absolute Gasteiger partial charge is 0.225 e. The van der Waals surface area contributed by atoms with E-state index in [0.29, 0.717) is 16.1 Å². The molecular formula is C10H13ClN6S. The first-order valence-electron chi connectivity index (χ1n) is 5.31. The van der Waals surface area contributed by atoms with Gasteiger partial charge in [-0.2, -0.15) is 0 Å². The molecule has 0 N–H and O–H groups in total. The molecule has 0 aliphatic rings. The van der Waals surface area contributed by atoms with E-state index in [0.717, 1.165) is 5.03 Å². The van der Waals surface area contributed by atoms with Gasteiger partial charge >= 0.3 is 0 Å². The summed E-state index contributed by atoms with van der Waals surface area (Å²) in [6, 6.07) is 1.70. The minimum Gasteiger partial charge on any atom is -0.225 e. The summed E-state index contributed by atoms with van der Waals surface area (Å²) in [5, 5.41) is 13.1. The smallest absolute Gasteiger partial charge is 0.215 e. The summed E-state index contributed by atoms with van der Waals surface area (Å²) in [7, 11) is 1.77. The molecule has 2 rings (SSSR count). The number of rotatable bonds is 2. The van der Waals surface area contributed by atoms with Gasteiger partial charge in [0, 0.05) is 18.5 Å². The third-order valence-electron chi connectivity index (χ3n) is 2.12. The Morgan fingerprint density at radius 3 is 2.56 bits per heavy atom. The maximum Gasteiger partial charge on any atom is 0.215 e. The molecule has 0 atom stereocenters. The average molecular weight is 285 g/mol. The van der Waals surface area contributed by atoms with Crippen molar-refractivity contribution in [1.82, 2.24) is 30.2 Å². The molecule has 0 spiro atoms. The Kier molecular flexibility index (Phi) is 3.54. The van der Waals surface area contributed by atoms with Crippen molar-refractivity contribution in [2.24, 2.45) is 7.05 Å². The Labute approximate surface area is 114 Å².